The quantitative estimate of drug-likeness (QED) is 0.745. The number of hydrogen-bond donors (Lipinski definition) is 0. The Kier molecular flexibility index (Phi) is 6.32. The van der Waals surface area contributed by atoms with Gasteiger partial charge in [0.25, 0.3) is 0 Å². The van der Waals surface area contributed by atoms with Crippen LogP contribution in [-0.2, 0) is 14.3 Å². The number of carbonyl (C=O) groups is 1. The fourth-order valence-electron chi connectivity index (χ4n) is 3.63. The van der Waals surface area contributed by atoms with Crippen molar-refractivity contribution in [2.45, 2.75) is 64.0 Å². The van der Waals surface area contributed by atoms with E-state index in [9.17, 15) is 4.79 Å². The Balaban J connectivity index is 1.51. The zero-order chi connectivity index (χ0) is 16.8. The van der Waals surface area contributed by atoms with Crippen molar-refractivity contribution in [2.24, 2.45) is 0 Å². The summed E-state index contributed by atoms with van der Waals surface area (Å²) in [5.41, 5.74) is 0. The number of likely N-dealkylation sites (tertiary alicyclic amines) is 1. The van der Waals surface area contributed by atoms with Crippen LogP contribution < -0.4 is 0 Å². The molecule has 24 heavy (non-hydrogen) atoms. The molecule has 5 nitrogen and oxygen atoms in total. The molecule has 2 atom stereocenters. The Morgan fingerprint density at radius 2 is 2.17 bits per heavy atom. The van der Waals surface area contributed by atoms with Crippen LogP contribution in [0.4, 0.5) is 0 Å². The van der Waals surface area contributed by atoms with Gasteiger partial charge in [0.1, 0.15) is 11.5 Å². The van der Waals surface area contributed by atoms with Crippen LogP contribution >= 0.6 is 0 Å². The van der Waals surface area contributed by atoms with Crippen molar-refractivity contribution < 1.29 is 18.7 Å². The number of aryl methyl sites for hydroxylation is 1. The summed E-state index contributed by atoms with van der Waals surface area (Å²) in [6, 6.07) is 4.07. The summed E-state index contributed by atoms with van der Waals surface area (Å²) in [4.78, 5) is 14.7. The summed E-state index contributed by atoms with van der Waals surface area (Å²) in [5.74, 6) is 1.99. The molecule has 0 unspecified atom stereocenters. The first-order valence-electron chi connectivity index (χ1n) is 9.29. The Morgan fingerprint density at radius 1 is 1.25 bits per heavy atom. The van der Waals surface area contributed by atoms with Gasteiger partial charge < -0.3 is 18.8 Å². The number of furan rings is 1. The monoisotopic (exact) mass is 335 g/mol. The molecular weight excluding hydrogens is 306 g/mol. The van der Waals surface area contributed by atoms with Crippen LogP contribution in [-0.4, -0.2) is 43.3 Å². The predicted octanol–water partition coefficient (Wildman–Crippen LogP) is 3.62. The molecule has 0 N–H and O–H groups in total. The van der Waals surface area contributed by atoms with Crippen molar-refractivity contribution in [3.63, 3.8) is 0 Å². The molecule has 2 saturated heterocycles. The van der Waals surface area contributed by atoms with Crippen LogP contribution in [0, 0.1) is 6.92 Å². The largest absolute Gasteiger partial charge is 0.464 e. The highest BCUT2D eigenvalue weighted by molar-refractivity contribution is 5.76. The highest BCUT2D eigenvalue weighted by Crippen LogP contribution is 2.31. The second-order valence-corrected chi connectivity index (χ2v) is 6.86. The predicted molar refractivity (Wildman–Crippen MR) is 90.8 cm³/mol. The summed E-state index contributed by atoms with van der Waals surface area (Å²) in [7, 11) is 0. The average Bonchev–Trinajstić information content (AvgIpc) is 3.18. The third-order valence-electron chi connectivity index (χ3n) is 4.95. The van der Waals surface area contributed by atoms with E-state index in [4.69, 9.17) is 13.9 Å². The number of carbonyl (C=O) groups excluding carboxylic acids is 1. The minimum Gasteiger partial charge on any atom is -0.464 e. The average molecular weight is 335 g/mol. The van der Waals surface area contributed by atoms with Gasteiger partial charge in [-0.15, -0.1) is 0 Å². The smallest absolute Gasteiger partial charge is 0.225 e. The first-order chi connectivity index (χ1) is 11.7. The molecule has 0 bridgehead atoms. The minimum absolute atomic E-state index is 0.0758. The fourth-order valence-corrected chi connectivity index (χ4v) is 3.63. The number of amides is 1. The standard InChI is InChI=1S/C19H29NO4/c1-15-8-9-18(24-15)17-7-3-2-4-11-20(17)19(21)10-13-22-14-16-6-5-12-23-16/h8-9,16-17H,2-7,10-14H2,1H3/t16-,17-/m1/s1. The van der Waals surface area contributed by atoms with Crippen LogP contribution in [0.1, 0.15) is 62.5 Å². The van der Waals surface area contributed by atoms with E-state index < -0.39 is 0 Å². The van der Waals surface area contributed by atoms with Gasteiger partial charge in [-0.1, -0.05) is 12.8 Å². The Hall–Kier alpha value is -1.33. The second kappa shape index (κ2) is 8.67. The van der Waals surface area contributed by atoms with Crippen molar-refractivity contribution in [1.82, 2.24) is 4.90 Å². The van der Waals surface area contributed by atoms with Gasteiger partial charge in [0, 0.05) is 13.2 Å². The lowest BCUT2D eigenvalue weighted by Crippen LogP contribution is -2.35. The molecule has 1 amide bonds. The SMILES string of the molecule is Cc1ccc([C@H]2CCCCCN2C(=O)CCOC[C@H]2CCCO2)o1. The Morgan fingerprint density at radius 3 is 2.92 bits per heavy atom. The first-order valence-corrected chi connectivity index (χ1v) is 9.29. The van der Waals surface area contributed by atoms with Crippen molar-refractivity contribution in [1.29, 1.82) is 0 Å². The van der Waals surface area contributed by atoms with Crippen molar-refractivity contribution in [3.05, 3.63) is 23.7 Å². The van der Waals surface area contributed by atoms with E-state index in [-0.39, 0.29) is 18.1 Å². The van der Waals surface area contributed by atoms with E-state index in [1.54, 1.807) is 0 Å². The van der Waals surface area contributed by atoms with Crippen molar-refractivity contribution in [2.75, 3.05) is 26.4 Å². The van der Waals surface area contributed by atoms with Gasteiger partial charge in [-0.05, 0) is 44.7 Å². The molecule has 134 valence electrons. The zero-order valence-corrected chi connectivity index (χ0v) is 14.7. The zero-order valence-electron chi connectivity index (χ0n) is 14.7. The van der Waals surface area contributed by atoms with Gasteiger partial charge in [-0.25, -0.2) is 0 Å². The summed E-state index contributed by atoms with van der Waals surface area (Å²) < 4.78 is 17.0. The molecule has 2 aliphatic rings. The molecule has 2 fully saturated rings. The van der Waals surface area contributed by atoms with Crippen molar-refractivity contribution in [3.8, 4) is 0 Å². The lowest BCUT2D eigenvalue weighted by Gasteiger charge is -2.29. The van der Waals surface area contributed by atoms with E-state index >= 15 is 0 Å². The highest BCUT2D eigenvalue weighted by Gasteiger charge is 2.28. The van der Waals surface area contributed by atoms with E-state index in [1.807, 2.05) is 24.0 Å². The molecule has 0 saturated carbocycles. The summed E-state index contributed by atoms with van der Waals surface area (Å²) in [5, 5.41) is 0. The molecule has 2 aliphatic heterocycles. The molecule has 1 aromatic rings. The van der Waals surface area contributed by atoms with Gasteiger partial charge in [0.15, 0.2) is 0 Å². The van der Waals surface area contributed by atoms with Gasteiger partial charge in [-0.3, -0.25) is 4.79 Å². The number of ether oxygens (including phenoxy) is 2. The molecule has 1 aromatic heterocycles. The first kappa shape index (κ1) is 17.5. The molecule has 3 heterocycles. The number of nitrogens with zero attached hydrogens (tertiary/aromatic N) is 1. The topological polar surface area (TPSA) is 51.9 Å². The second-order valence-electron chi connectivity index (χ2n) is 6.86. The third kappa shape index (κ3) is 4.61. The van der Waals surface area contributed by atoms with E-state index in [1.165, 1.54) is 6.42 Å². The molecule has 0 radical (unpaired) electrons. The lowest BCUT2D eigenvalue weighted by atomic mass is 10.1. The van der Waals surface area contributed by atoms with Crippen LogP contribution in [0.5, 0.6) is 0 Å². The van der Waals surface area contributed by atoms with Crippen LogP contribution in [0.15, 0.2) is 16.5 Å². The van der Waals surface area contributed by atoms with E-state index in [0.717, 1.165) is 56.8 Å². The Bertz CT molecular complexity index is 521. The van der Waals surface area contributed by atoms with E-state index in [2.05, 4.69) is 0 Å². The van der Waals surface area contributed by atoms with E-state index in [0.29, 0.717) is 19.6 Å². The number of rotatable bonds is 6. The molecule has 0 aliphatic carbocycles. The molecule has 0 spiro atoms. The highest BCUT2D eigenvalue weighted by atomic mass is 16.5. The molecule has 3 rings (SSSR count). The normalized spacial score (nSPS) is 25.0. The molecule has 5 heteroatoms. The van der Waals surface area contributed by atoms with Gasteiger partial charge in [-0.2, -0.15) is 0 Å². The van der Waals surface area contributed by atoms with Crippen molar-refractivity contribution >= 4 is 5.91 Å². The Labute approximate surface area is 144 Å². The summed E-state index contributed by atoms with van der Waals surface area (Å²) in [6.45, 7) is 4.68. The summed E-state index contributed by atoms with van der Waals surface area (Å²) >= 11 is 0. The minimum atomic E-state index is 0.0758. The number of hydrogen-bond acceptors (Lipinski definition) is 4. The third-order valence-corrected chi connectivity index (χ3v) is 4.95. The van der Waals surface area contributed by atoms with Gasteiger partial charge in [0.2, 0.25) is 5.91 Å². The molecular formula is C19H29NO4. The fraction of sp³-hybridized carbons (Fsp3) is 0.737. The maximum absolute atomic E-state index is 12.7. The maximum atomic E-state index is 12.7. The van der Waals surface area contributed by atoms with Gasteiger partial charge >= 0.3 is 0 Å². The lowest BCUT2D eigenvalue weighted by molar-refractivity contribution is -0.135. The molecule has 0 aromatic carbocycles. The van der Waals surface area contributed by atoms with Crippen LogP contribution in [0.3, 0.4) is 0 Å². The summed E-state index contributed by atoms with van der Waals surface area (Å²) in [6.07, 6.45) is 7.21. The van der Waals surface area contributed by atoms with Crippen LogP contribution in [0.25, 0.3) is 0 Å². The van der Waals surface area contributed by atoms with Gasteiger partial charge in [0.05, 0.1) is 31.8 Å². The van der Waals surface area contributed by atoms with Crippen LogP contribution in [0.2, 0.25) is 0 Å². The maximum Gasteiger partial charge on any atom is 0.225 e.